The summed E-state index contributed by atoms with van der Waals surface area (Å²) in [7, 11) is -2.17. The Morgan fingerprint density at radius 2 is 0.970 bits per heavy atom. The van der Waals surface area contributed by atoms with Crippen LogP contribution in [-0.4, -0.2) is 72.7 Å². The molecule has 0 rings (SSSR count). The van der Waals surface area contributed by atoms with Crippen LogP contribution in [0, 0.1) is 0 Å². The maximum atomic E-state index is 12.0. The van der Waals surface area contributed by atoms with E-state index in [0.717, 1.165) is 19.3 Å². The van der Waals surface area contributed by atoms with Gasteiger partial charge in [-0.2, -0.15) is 0 Å². The van der Waals surface area contributed by atoms with Crippen molar-refractivity contribution in [2.75, 3.05) is 53.1 Å². The van der Waals surface area contributed by atoms with Gasteiger partial charge in [0.05, 0.1) is 26.9 Å². The molecule has 0 saturated heterocycles. The third kappa shape index (κ3) is 22.2. The maximum absolute atomic E-state index is 12.0. The molecule has 0 aromatic heterocycles. The summed E-state index contributed by atoms with van der Waals surface area (Å²) in [5.74, 6) is 0. The van der Waals surface area contributed by atoms with E-state index in [4.69, 9.17) is 19.3 Å². The first kappa shape index (κ1) is 33.0. The fraction of sp³-hybridized carbons (Fsp3) is 1.00. The third-order valence-corrected chi connectivity index (χ3v) is 7.44. The van der Waals surface area contributed by atoms with Crippen LogP contribution in [0.15, 0.2) is 0 Å². The van der Waals surface area contributed by atoms with Crippen LogP contribution in [0.3, 0.4) is 0 Å². The molecule has 8 heteroatoms. The smallest absolute Gasteiger partial charge is 0.391 e. The Morgan fingerprint density at radius 1 is 0.606 bits per heavy atom. The molecule has 0 fully saturated rings. The highest BCUT2D eigenvalue weighted by Crippen LogP contribution is 2.43. The van der Waals surface area contributed by atoms with E-state index >= 15 is 0 Å². The van der Waals surface area contributed by atoms with Crippen molar-refractivity contribution in [3.63, 3.8) is 0 Å². The predicted molar refractivity (Wildman–Crippen MR) is 136 cm³/mol. The largest absolute Gasteiger partial charge is 0.472 e. The average molecular weight is 497 g/mol. The van der Waals surface area contributed by atoms with Crippen molar-refractivity contribution in [2.45, 2.75) is 110 Å². The monoisotopic (exact) mass is 496 g/mol. The van der Waals surface area contributed by atoms with E-state index in [0.29, 0.717) is 24.1 Å². The van der Waals surface area contributed by atoms with Gasteiger partial charge in [-0.05, 0) is 6.42 Å². The summed E-state index contributed by atoms with van der Waals surface area (Å²) in [4.78, 5) is 9.80. The van der Waals surface area contributed by atoms with Crippen molar-refractivity contribution in [3.05, 3.63) is 0 Å². The van der Waals surface area contributed by atoms with Crippen molar-refractivity contribution < 1.29 is 33.2 Å². The van der Waals surface area contributed by atoms with Crippen LogP contribution < -0.4 is 0 Å². The second kappa shape index (κ2) is 22.5. The summed E-state index contributed by atoms with van der Waals surface area (Å²) >= 11 is 0. The van der Waals surface area contributed by atoms with Crippen LogP contribution >= 0.6 is 7.82 Å². The summed E-state index contributed by atoms with van der Waals surface area (Å²) in [6, 6.07) is 0. The number of aliphatic hydroxyl groups excluding tert-OH is 2. The molecule has 0 saturated carbocycles. The van der Waals surface area contributed by atoms with Gasteiger partial charge in [-0.1, -0.05) is 103 Å². The molecule has 0 aromatic carbocycles. The quantitative estimate of drug-likeness (QED) is 0.0794. The molecule has 3 N–H and O–H groups in total. The normalized spacial score (nSPS) is 14.0. The zero-order chi connectivity index (χ0) is 24.7. The predicted octanol–water partition coefficient (Wildman–Crippen LogP) is 5.81. The first-order chi connectivity index (χ1) is 15.9. The van der Waals surface area contributed by atoms with Gasteiger partial charge in [0.2, 0.25) is 0 Å². The Labute approximate surface area is 204 Å². The molecule has 0 aromatic rings. The average Bonchev–Trinajstić information content (AvgIpc) is 2.76. The van der Waals surface area contributed by atoms with Crippen LogP contribution in [0.2, 0.25) is 0 Å². The molecule has 0 spiro atoms. The van der Waals surface area contributed by atoms with Crippen LogP contribution in [0.4, 0.5) is 0 Å². The lowest BCUT2D eigenvalue weighted by Crippen LogP contribution is -2.49. The number of aliphatic hydroxyl groups is 2. The maximum Gasteiger partial charge on any atom is 0.472 e. The standard InChI is InChI=1S/C25H54NO6P/c1-3-4-5-6-7-8-9-10-11-12-13-14-15-16-17-18-24-31-33(29,30)32-25-21-26(2,19-22-27)20-23-28/h27-28H,3-25H2,1-2H3/p+1. The van der Waals surface area contributed by atoms with E-state index in [9.17, 15) is 9.46 Å². The number of phosphoric acid groups is 1. The Morgan fingerprint density at radius 3 is 1.36 bits per heavy atom. The number of hydrogen-bond acceptors (Lipinski definition) is 5. The minimum atomic E-state index is -4.04. The highest BCUT2D eigenvalue weighted by atomic mass is 31.2. The summed E-state index contributed by atoms with van der Waals surface area (Å²) in [5.41, 5.74) is 0. The van der Waals surface area contributed by atoms with E-state index < -0.39 is 7.82 Å². The molecule has 33 heavy (non-hydrogen) atoms. The van der Waals surface area contributed by atoms with Crippen molar-refractivity contribution in [1.29, 1.82) is 0 Å². The third-order valence-electron chi connectivity index (χ3n) is 6.42. The Kier molecular flexibility index (Phi) is 22.4. The van der Waals surface area contributed by atoms with Crippen LogP contribution in [0.25, 0.3) is 0 Å². The van der Waals surface area contributed by atoms with Crippen LogP contribution in [-0.2, 0) is 13.6 Å². The van der Waals surface area contributed by atoms with Gasteiger partial charge in [-0.3, -0.25) is 9.05 Å². The second-order valence-electron chi connectivity index (χ2n) is 9.68. The SMILES string of the molecule is CCCCCCCCCCCCCCCCCCOP(=O)(O)OCC[N+](C)(CCO)CCO. The fourth-order valence-electron chi connectivity index (χ4n) is 4.06. The van der Waals surface area contributed by atoms with Gasteiger partial charge in [0.25, 0.3) is 0 Å². The van der Waals surface area contributed by atoms with Gasteiger partial charge in [0.1, 0.15) is 26.2 Å². The molecule has 0 radical (unpaired) electrons. The molecule has 0 amide bonds. The lowest BCUT2D eigenvalue weighted by Gasteiger charge is -2.33. The number of quaternary nitrogens is 1. The topological polar surface area (TPSA) is 96.2 Å². The number of hydrogen-bond donors (Lipinski definition) is 3. The van der Waals surface area contributed by atoms with E-state index in [1.165, 1.54) is 83.5 Å². The molecule has 7 nitrogen and oxygen atoms in total. The van der Waals surface area contributed by atoms with Crippen molar-refractivity contribution in [2.24, 2.45) is 0 Å². The molecule has 200 valence electrons. The molecule has 1 atom stereocenters. The minimum absolute atomic E-state index is 0.0109. The molecular weight excluding hydrogens is 441 g/mol. The van der Waals surface area contributed by atoms with Gasteiger partial charge >= 0.3 is 7.82 Å². The van der Waals surface area contributed by atoms with Crippen molar-refractivity contribution in [1.82, 2.24) is 0 Å². The summed E-state index contributed by atoms with van der Waals surface area (Å²) in [6.45, 7) is 3.86. The van der Waals surface area contributed by atoms with Gasteiger partial charge < -0.3 is 19.6 Å². The Bertz CT molecular complexity index is 460. The summed E-state index contributed by atoms with van der Waals surface area (Å²) in [6.07, 6.45) is 20.6. The molecular formula is C25H55NO6P+. The molecule has 0 bridgehead atoms. The van der Waals surface area contributed by atoms with E-state index in [1.807, 2.05) is 7.05 Å². The lowest BCUT2D eigenvalue weighted by molar-refractivity contribution is -0.910. The minimum Gasteiger partial charge on any atom is -0.391 e. The fourth-order valence-corrected chi connectivity index (χ4v) is 4.81. The van der Waals surface area contributed by atoms with Gasteiger partial charge in [0, 0.05) is 0 Å². The molecule has 0 aliphatic carbocycles. The van der Waals surface area contributed by atoms with Crippen molar-refractivity contribution in [3.8, 4) is 0 Å². The molecule has 0 aliphatic heterocycles. The Hall–Kier alpha value is -0.0100. The number of nitrogens with zero attached hydrogens (tertiary/aromatic N) is 1. The highest BCUT2D eigenvalue weighted by molar-refractivity contribution is 7.47. The van der Waals surface area contributed by atoms with E-state index in [2.05, 4.69) is 6.92 Å². The number of unbranched alkanes of at least 4 members (excludes halogenated alkanes) is 15. The number of likely N-dealkylation sites (N-methyl/N-ethyl adjacent to an activating group) is 1. The van der Waals surface area contributed by atoms with Gasteiger partial charge in [-0.15, -0.1) is 0 Å². The summed E-state index contributed by atoms with van der Waals surface area (Å²) < 4.78 is 22.5. The molecule has 1 unspecified atom stereocenters. The van der Waals surface area contributed by atoms with Crippen LogP contribution in [0.1, 0.15) is 110 Å². The van der Waals surface area contributed by atoms with E-state index in [1.54, 1.807) is 0 Å². The van der Waals surface area contributed by atoms with Crippen molar-refractivity contribution >= 4 is 7.82 Å². The highest BCUT2D eigenvalue weighted by Gasteiger charge is 2.25. The molecule has 0 aliphatic rings. The second-order valence-corrected chi connectivity index (χ2v) is 11.1. The Balaban J connectivity index is 3.50. The van der Waals surface area contributed by atoms with Gasteiger partial charge in [0.15, 0.2) is 0 Å². The molecule has 0 heterocycles. The van der Waals surface area contributed by atoms with E-state index in [-0.39, 0.29) is 26.4 Å². The zero-order valence-corrected chi connectivity index (χ0v) is 22.6. The summed E-state index contributed by atoms with van der Waals surface area (Å²) in [5, 5.41) is 18.3. The number of phosphoric ester groups is 1. The number of rotatable bonds is 26. The van der Waals surface area contributed by atoms with Crippen LogP contribution in [0.5, 0.6) is 0 Å². The first-order valence-electron chi connectivity index (χ1n) is 13.6. The lowest BCUT2D eigenvalue weighted by atomic mass is 10.0. The zero-order valence-electron chi connectivity index (χ0n) is 21.7. The first-order valence-corrected chi connectivity index (χ1v) is 15.1. The van der Waals surface area contributed by atoms with Gasteiger partial charge in [-0.25, -0.2) is 4.57 Å².